The molecule has 182 valence electrons. The van der Waals surface area contributed by atoms with E-state index < -0.39 is 11.7 Å². The fourth-order valence-electron chi connectivity index (χ4n) is 3.56. The molecule has 0 unspecified atom stereocenters. The van der Waals surface area contributed by atoms with E-state index in [2.05, 4.69) is 35.7 Å². The number of benzene rings is 1. The second-order valence-electron chi connectivity index (χ2n) is 8.92. The molecule has 1 aliphatic rings. The molecule has 1 aromatic carbocycles. The number of carbonyl (C=O) groups is 1. The molecule has 0 spiro atoms. The molecule has 1 aromatic heterocycles. The highest BCUT2D eigenvalue weighted by atomic mass is 127. The van der Waals surface area contributed by atoms with Gasteiger partial charge in [0.25, 0.3) is 0 Å². The van der Waals surface area contributed by atoms with Gasteiger partial charge in [-0.2, -0.15) is 0 Å². The lowest BCUT2D eigenvalue weighted by molar-refractivity contribution is 0.0636. The first-order valence-corrected chi connectivity index (χ1v) is 11.3. The Morgan fingerprint density at radius 2 is 1.88 bits per heavy atom. The molecule has 3 N–H and O–H groups in total. The lowest BCUT2D eigenvalue weighted by Gasteiger charge is -2.19. The van der Waals surface area contributed by atoms with Crippen LogP contribution in [0.4, 0.5) is 10.5 Å². The molecular weight excluding hydrogens is 533 g/mol. The zero-order valence-electron chi connectivity index (χ0n) is 20.0. The van der Waals surface area contributed by atoms with Crippen molar-refractivity contribution in [3.8, 4) is 0 Å². The molecule has 1 aliphatic heterocycles. The highest BCUT2D eigenvalue weighted by Crippen LogP contribution is 2.15. The van der Waals surface area contributed by atoms with Gasteiger partial charge < -0.3 is 19.9 Å². The van der Waals surface area contributed by atoms with Crippen LogP contribution in [-0.2, 0) is 30.7 Å². The lowest BCUT2D eigenvalue weighted by Crippen LogP contribution is -2.38. The molecule has 33 heavy (non-hydrogen) atoms. The number of aryl methyl sites for hydroxylation is 1. The van der Waals surface area contributed by atoms with E-state index >= 15 is 0 Å². The first kappa shape index (κ1) is 26.9. The molecule has 2 aromatic rings. The average Bonchev–Trinajstić information content (AvgIpc) is 2.96. The van der Waals surface area contributed by atoms with Crippen molar-refractivity contribution >= 4 is 41.7 Å². The van der Waals surface area contributed by atoms with Crippen molar-refractivity contribution in [1.82, 2.24) is 25.4 Å². The maximum atomic E-state index is 11.9. The monoisotopic (exact) mass is 569 g/mol. The van der Waals surface area contributed by atoms with Gasteiger partial charge in [0.1, 0.15) is 11.4 Å². The van der Waals surface area contributed by atoms with Crippen LogP contribution in [0.25, 0.3) is 0 Å². The van der Waals surface area contributed by atoms with Gasteiger partial charge in [0.2, 0.25) is 0 Å². The minimum absolute atomic E-state index is 0. The Labute approximate surface area is 213 Å². The molecular formula is C23H36IN7O2. The predicted octanol–water partition coefficient (Wildman–Crippen LogP) is 3.88. The van der Waals surface area contributed by atoms with Crippen LogP contribution in [0.3, 0.4) is 0 Å². The van der Waals surface area contributed by atoms with Crippen LogP contribution in [0.2, 0.25) is 0 Å². The van der Waals surface area contributed by atoms with E-state index in [0.717, 1.165) is 49.1 Å². The van der Waals surface area contributed by atoms with Gasteiger partial charge in [0.15, 0.2) is 11.8 Å². The minimum atomic E-state index is -0.519. The summed E-state index contributed by atoms with van der Waals surface area (Å²) in [6, 6.07) is 7.75. The Hall–Kier alpha value is -2.37. The van der Waals surface area contributed by atoms with E-state index in [1.807, 2.05) is 45.0 Å². The minimum Gasteiger partial charge on any atom is -0.444 e. The number of nitrogens with zero attached hydrogens (tertiary/aromatic N) is 4. The summed E-state index contributed by atoms with van der Waals surface area (Å²) >= 11 is 0. The fourth-order valence-corrected chi connectivity index (χ4v) is 3.56. The molecule has 0 bridgehead atoms. The van der Waals surface area contributed by atoms with Gasteiger partial charge in [-0.25, -0.2) is 4.79 Å². The van der Waals surface area contributed by atoms with Crippen molar-refractivity contribution in [2.24, 2.45) is 4.99 Å². The van der Waals surface area contributed by atoms with Gasteiger partial charge >= 0.3 is 6.09 Å². The van der Waals surface area contributed by atoms with E-state index in [4.69, 9.17) is 4.74 Å². The van der Waals surface area contributed by atoms with Gasteiger partial charge in [-0.3, -0.25) is 10.3 Å². The highest BCUT2D eigenvalue weighted by molar-refractivity contribution is 14.0. The van der Waals surface area contributed by atoms with Crippen molar-refractivity contribution < 1.29 is 9.53 Å². The normalized spacial score (nSPS) is 13.9. The molecule has 1 amide bonds. The van der Waals surface area contributed by atoms with Gasteiger partial charge in [-0.05, 0) is 57.7 Å². The summed E-state index contributed by atoms with van der Waals surface area (Å²) in [6.07, 6.45) is 4.99. The zero-order chi connectivity index (χ0) is 23.0. The fraction of sp³-hybridized carbons (Fsp3) is 0.565. The lowest BCUT2D eigenvalue weighted by atomic mass is 10.1. The number of nitrogens with one attached hydrogen (secondary N) is 3. The predicted molar refractivity (Wildman–Crippen MR) is 141 cm³/mol. The Morgan fingerprint density at radius 1 is 1.12 bits per heavy atom. The number of rotatable bonds is 6. The number of carbonyl (C=O) groups excluding carboxylic acids is 1. The van der Waals surface area contributed by atoms with Crippen molar-refractivity contribution in [2.75, 3.05) is 18.9 Å². The number of fused-ring (bicyclic) bond motifs is 1. The summed E-state index contributed by atoms with van der Waals surface area (Å²) in [7, 11) is 1.76. The maximum Gasteiger partial charge on any atom is 0.412 e. The van der Waals surface area contributed by atoms with Crippen LogP contribution in [0.1, 0.15) is 57.2 Å². The van der Waals surface area contributed by atoms with Crippen LogP contribution in [0.5, 0.6) is 0 Å². The number of amides is 1. The number of anilines is 1. The molecule has 10 heteroatoms. The van der Waals surface area contributed by atoms with Crippen LogP contribution in [-0.4, -0.2) is 46.0 Å². The van der Waals surface area contributed by atoms with Crippen LogP contribution in [0, 0.1) is 0 Å². The molecule has 9 nitrogen and oxygen atoms in total. The zero-order valence-corrected chi connectivity index (χ0v) is 22.3. The Bertz CT molecular complexity index is 920. The van der Waals surface area contributed by atoms with Crippen molar-refractivity contribution in [3.63, 3.8) is 0 Å². The van der Waals surface area contributed by atoms with Gasteiger partial charge in [0.05, 0.1) is 6.54 Å². The highest BCUT2D eigenvalue weighted by Gasteiger charge is 2.16. The number of aliphatic imine (C=N–C) groups is 1. The molecule has 0 atom stereocenters. The SMILES string of the molecule is CN=C(NCCc1ccc(NC(=O)OC(C)(C)C)cc1)NCc1nnc2n1CCCCC2.I. The van der Waals surface area contributed by atoms with Crippen molar-refractivity contribution in [1.29, 1.82) is 0 Å². The number of aromatic nitrogens is 3. The number of hydrogen-bond acceptors (Lipinski definition) is 5. The van der Waals surface area contributed by atoms with E-state index in [-0.39, 0.29) is 24.0 Å². The van der Waals surface area contributed by atoms with E-state index in [1.54, 1.807) is 7.05 Å². The standard InChI is InChI=1S/C23H35N7O2.HI/c1-23(2,3)32-22(31)27-18-11-9-17(10-12-18)13-14-25-21(24-4)26-16-20-29-28-19-8-6-5-7-15-30(19)20;/h9-12H,5-8,13-16H2,1-4H3,(H,27,31)(H2,24,25,26);1H. The number of hydrogen-bond donors (Lipinski definition) is 3. The Balaban J connectivity index is 0.00000385. The van der Waals surface area contributed by atoms with Crippen LogP contribution >= 0.6 is 24.0 Å². The summed E-state index contributed by atoms with van der Waals surface area (Å²) in [5, 5.41) is 18.1. The molecule has 0 saturated heterocycles. The molecule has 2 heterocycles. The number of ether oxygens (including phenoxy) is 1. The van der Waals surface area contributed by atoms with Crippen molar-refractivity contribution in [2.45, 2.75) is 71.6 Å². The Kier molecular flexibility index (Phi) is 10.4. The largest absolute Gasteiger partial charge is 0.444 e. The summed E-state index contributed by atoms with van der Waals surface area (Å²) in [5.41, 5.74) is 1.35. The quantitative estimate of drug-likeness (QED) is 0.277. The van der Waals surface area contributed by atoms with Crippen LogP contribution in [0.15, 0.2) is 29.3 Å². The maximum absolute atomic E-state index is 11.9. The van der Waals surface area contributed by atoms with Gasteiger partial charge in [-0.15, -0.1) is 34.2 Å². The van der Waals surface area contributed by atoms with E-state index in [9.17, 15) is 4.79 Å². The summed E-state index contributed by atoms with van der Waals surface area (Å²) in [5.74, 6) is 2.78. The van der Waals surface area contributed by atoms with Gasteiger partial charge in [-0.1, -0.05) is 18.6 Å². The van der Waals surface area contributed by atoms with E-state index in [0.29, 0.717) is 12.2 Å². The Morgan fingerprint density at radius 3 is 2.58 bits per heavy atom. The van der Waals surface area contributed by atoms with Crippen molar-refractivity contribution in [3.05, 3.63) is 41.5 Å². The third kappa shape index (κ3) is 8.82. The summed E-state index contributed by atoms with van der Waals surface area (Å²) in [4.78, 5) is 16.2. The number of guanidine groups is 1. The summed E-state index contributed by atoms with van der Waals surface area (Å²) < 4.78 is 7.51. The number of halogens is 1. The molecule has 0 fully saturated rings. The third-order valence-corrected chi connectivity index (χ3v) is 5.13. The first-order valence-electron chi connectivity index (χ1n) is 11.3. The second-order valence-corrected chi connectivity index (χ2v) is 8.92. The summed E-state index contributed by atoms with van der Waals surface area (Å²) in [6.45, 7) is 7.84. The van der Waals surface area contributed by atoms with Crippen LogP contribution < -0.4 is 16.0 Å². The first-order chi connectivity index (χ1) is 15.3. The molecule has 0 aliphatic carbocycles. The van der Waals surface area contributed by atoms with Gasteiger partial charge in [0, 0.05) is 32.2 Å². The third-order valence-electron chi connectivity index (χ3n) is 5.13. The second kappa shape index (κ2) is 12.8. The molecule has 0 saturated carbocycles. The van der Waals surface area contributed by atoms with E-state index in [1.165, 1.54) is 19.3 Å². The molecule has 3 rings (SSSR count). The average molecular weight is 569 g/mol. The smallest absolute Gasteiger partial charge is 0.412 e. The molecule has 0 radical (unpaired) electrons. The topological polar surface area (TPSA) is 105 Å².